The number of thioether (sulfide) groups is 1. The van der Waals surface area contributed by atoms with Gasteiger partial charge in [-0.1, -0.05) is 36.0 Å². The van der Waals surface area contributed by atoms with Crippen molar-refractivity contribution in [2.75, 3.05) is 0 Å². The maximum Gasteiger partial charge on any atom is 0.267 e. The van der Waals surface area contributed by atoms with Gasteiger partial charge in [-0.3, -0.25) is 9.59 Å². The van der Waals surface area contributed by atoms with Gasteiger partial charge in [0.15, 0.2) is 10.9 Å². The fourth-order valence-electron chi connectivity index (χ4n) is 4.21. The van der Waals surface area contributed by atoms with Crippen LogP contribution in [0.15, 0.2) is 70.7 Å². The molecule has 160 valence electrons. The van der Waals surface area contributed by atoms with Crippen molar-refractivity contribution in [3.8, 4) is 5.82 Å². The Morgan fingerprint density at radius 3 is 2.72 bits per heavy atom. The van der Waals surface area contributed by atoms with Gasteiger partial charge in [0.1, 0.15) is 5.82 Å². The third-order valence-electron chi connectivity index (χ3n) is 5.91. The van der Waals surface area contributed by atoms with E-state index in [2.05, 4.69) is 11.1 Å². The number of rotatable bonds is 5. The normalized spacial score (nSPS) is 13.8. The molecule has 32 heavy (non-hydrogen) atoms. The summed E-state index contributed by atoms with van der Waals surface area (Å²) in [5.41, 5.74) is 4.76. The first-order chi connectivity index (χ1) is 15.5. The molecule has 0 bridgehead atoms. The number of nitrogens with zero attached hydrogens (tertiary/aromatic N) is 3. The van der Waals surface area contributed by atoms with E-state index in [4.69, 9.17) is 4.98 Å². The molecule has 0 amide bonds. The predicted molar refractivity (Wildman–Crippen MR) is 128 cm³/mol. The van der Waals surface area contributed by atoms with E-state index in [9.17, 15) is 9.59 Å². The van der Waals surface area contributed by atoms with Crippen molar-refractivity contribution in [3.05, 3.63) is 93.4 Å². The topological polar surface area (TPSA) is 64.8 Å². The van der Waals surface area contributed by atoms with Gasteiger partial charge in [0.05, 0.1) is 16.2 Å². The molecule has 1 aliphatic carbocycles. The van der Waals surface area contributed by atoms with Crippen molar-refractivity contribution in [2.45, 2.75) is 43.5 Å². The third-order valence-corrected chi connectivity index (χ3v) is 6.96. The summed E-state index contributed by atoms with van der Waals surface area (Å²) in [6, 6.07) is 17.0. The smallest absolute Gasteiger partial charge is 0.267 e. The summed E-state index contributed by atoms with van der Waals surface area (Å²) in [4.78, 5) is 35.8. The average Bonchev–Trinajstić information content (AvgIpc) is 3.26. The summed E-state index contributed by atoms with van der Waals surface area (Å²) < 4.78 is 1.52. The molecule has 5 nitrogen and oxygen atoms in total. The number of ketones is 1. The van der Waals surface area contributed by atoms with Gasteiger partial charge in [0.2, 0.25) is 0 Å². The lowest BCUT2D eigenvalue weighted by Gasteiger charge is -2.16. The minimum Gasteiger partial charge on any atom is -0.293 e. The zero-order chi connectivity index (χ0) is 22.2. The van der Waals surface area contributed by atoms with E-state index in [1.165, 1.54) is 27.5 Å². The second-order valence-electron chi connectivity index (χ2n) is 8.20. The highest BCUT2D eigenvalue weighted by Crippen LogP contribution is 2.29. The largest absolute Gasteiger partial charge is 0.293 e. The zero-order valence-corrected chi connectivity index (χ0v) is 18.9. The molecule has 1 aliphatic rings. The van der Waals surface area contributed by atoms with Gasteiger partial charge in [0.25, 0.3) is 5.56 Å². The fraction of sp³-hybridized carbons (Fsp3) is 0.231. The highest BCUT2D eigenvalue weighted by atomic mass is 32.2. The minimum atomic E-state index is -0.404. The molecule has 5 rings (SSSR count). The Labute approximate surface area is 190 Å². The molecule has 0 N–H and O–H groups in total. The minimum absolute atomic E-state index is 0.0378. The number of carbonyl (C=O) groups is 1. The van der Waals surface area contributed by atoms with Gasteiger partial charge in [0, 0.05) is 11.8 Å². The molecule has 6 heteroatoms. The van der Waals surface area contributed by atoms with Crippen LogP contribution in [0.25, 0.3) is 16.7 Å². The molecule has 4 aromatic rings. The van der Waals surface area contributed by atoms with Crippen LogP contribution in [0.2, 0.25) is 0 Å². The Morgan fingerprint density at radius 2 is 1.88 bits per heavy atom. The summed E-state index contributed by atoms with van der Waals surface area (Å²) >= 11 is 1.30. The van der Waals surface area contributed by atoms with Gasteiger partial charge < -0.3 is 0 Å². The molecule has 0 fully saturated rings. The van der Waals surface area contributed by atoms with Gasteiger partial charge >= 0.3 is 0 Å². The lowest BCUT2D eigenvalue weighted by atomic mass is 10.0. The number of hydrogen-bond acceptors (Lipinski definition) is 5. The maximum atomic E-state index is 13.4. The van der Waals surface area contributed by atoms with Crippen molar-refractivity contribution >= 4 is 28.4 Å². The molecule has 1 atom stereocenters. The molecule has 2 aromatic heterocycles. The van der Waals surface area contributed by atoms with Crippen LogP contribution in [0.3, 0.4) is 0 Å². The van der Waals surface area contributed by atoms with Gasteiger partial charge in [-0.15, -0.1) is 0 Å². The van der Waals surface area contributed by atoms with E-state index >= 15 is 0 Å². The van der Waals surface area contributed by atoms with Crippen LogP contribution < -0.4 is 5.56 Å². The zero-order valence-electron chi connectivity index (χ0n) is 18.0. The molecule has 2 aromatic carbocycles. The fourth-order valence-corrected chi connectivity index (χ4v) is 5.20. The van der Waals surface area contributed by atoms with Crippen LogP contribution in [-0.2, 0) is 12.8 Å². The highest BCUT2D eigenvalue weighted by Gasteiger charge is 2.23. The van der Waals surface area contributed by atoms with E-state index < -0.39 is 5.25 Å². The van der Waals surface area contributed by atoms with Crippen LogP contribution >= 0.6 is 11.8 Å². The summed E-state index contributed by atoms with van der Waals surface area (Å²) in [5.74, 6) is 0.545. The summed E-state index contributed by atoms with van der Waals surface area (Å²) in [5, 5.41) is 0.588. The van der Waals surface area contributed by atoms with Gasteiger partial charge in [-0.2, -0.15) is 0 Å². The SMILES string of the molecule is Cc1ccnc(-n2c(SC(C)C(=O)c3ccc4c(c3)CCC4)nc3ccccc3c2=O)c1. The molecular formula is C26H23N3O2S. The van der Waals surface area contributed by atoms with Crippen LogP contribution in [0.4, 0.5) is 0 Å². The number of aryl methyl sites for hydroxylation is 3. The first-order valence-electron chi connectivity index (χ1n) is 10.8. The quantitative estimate of drug-likeness (QED) is 0.249. The molecule has 0 spiro atoms. The second-order valence-corrected chi connectivity index (χ2v) is 9.51. The molecular weight excluding hydrogens is 418 g/mol. The van der Waals surface area contributed by atoms with E-state index in [0.717, 1.165) is 24.8 Å². The van der Waals surface area contributed by atoms with E-state index in [0.29, 0.717) is 27.4 Å². The molecule has 0 radical (unpaired) electrons. The Hall–Kier alpha value is -3.25. The molecule has 1 unspecified atom stereocenters. The van der Waals surface area contributed by atoms with E-state index in [1.807, 2.05) is 56.3 Å². The predicted octanol–water partition coefficient (Wildman–Crippen LogP) is 4.94. The number of hydrogen-bond donors (Lipinski definition) is 0. The van der Waals surface area contributed by atoms with Crippen LogP contribution in [-0.4, -0.2) is 25.6 Å². The monoisotopic (exact) mass is 441 g/mol. The maximum absolute atomic E-state index is 13.4. The number of carbonyl (C=O) groups excluding carboxylic acids is 1. The molecule has 2 heterocycles. The lowest BCUT2D eigenvalue weighted by Crippen LogP contribution is -2.24. The number of Topliss-reactive ketones (excluding diaryl/α,β-unsaturated/α-hetero) is 1. The Balaban J connectivity index is 1.56. The van der Waals surface area contributed by atoms with Crippen molar-refractivity contribution in [3.63, 3.8) is 0 Å². The second kappa shape index (κ2) is 8.36. The first kappa shape index (κ1) is 20.6. The summed E-state index contributed by atoms with van der Waals surface area (Å²) in [6.45, 7) is 3.83. The van der Waals surface area contributed by atoms with Crippen molar-refractivity contribution < 1.29 is 4.79 Å². The van der Waals surface area contributed by atoms with Crippen LogP contribution in [0.5, 0.6) is 0 Å². The molecule has 0 aliphatic heterocycles. The highest BCUT2D eigenvalue weighted by molar-refractivity contribution is 8.00. The summed E-state index contributed by atoms with van der Waals surface area (Å²) in [7, 11) is 0. The number of benzene rings is 2. The van der Waals surface area contributed by atoms with Crippen molar-refractivity contribution in [1.82, 2.24) is 14.5 Å². The van der Waals surface area contributed by atoms with Crippen LogP contribution in [0, 0.1) is 6.92 Å². The van der Waals surface area contributed by atoms with Gasteiger partial charge in [-0.05, 0) is 80.1 Å². The number of aromatic nitrogens is 3. The van der Waals surface area contributed by atoms with Crippen LogP contribution in [0.1, 0.15) is 40.4 Å². The Bertz CT molecular complexity index is 1410. The van der Waals surface area contributed by atoms with Crippen molar-refractivity contribution in [2.24, 2.45) is 0 Å². The number of pyridine rings is 1. The summed E-state index contributed by atoms with van der Waals surface area (Å²) in [6.07, 6.45) is 4.95. The first-order valence-corrected chi connectivity index (χ1v) is 11.7. The van der Waals surface area contributed by atoms with Gasteiger partial charge in [-0.25, -0.2) is 14.5 Å². The van der Waals surface area contributed by atoms with E-state index in [-0.39, 0.29) is 11.3 Å². The Morgan fingerprint density at radius 1 is 1.06 bits per heavy atom. The van der Waals surface area contributed by atoms with E-state index in [1.54, 1.807) is 12.3 Å². The lowest BCUT2D eigenvalue weighted by molar-refractivity contribution is 0.0993. The molecule has 0 saturated carbocycles. The Kier molecular flexibility index (Phi) is 5.39. The number of para-hydroxylation sites is 1. The molecule has 0 saturated heterocycles. The third kappa shape index (κ3) is 3.75. The van der Waals surface area contributed by atoms with Crippen molar-refractivity contribution in [1.29, 1.82) is 0 Å². The standard InChI is InChI=1S/C26H23N3O2S/c1-16-12-13-27-23(14-16)29-25(31)21-8-3-4-9-22(21)28-26(29)32-17(2)24(30)20-11-10-18-6-5-7-19(18)15-20/h3-4,8-15,17H,5-7H2,1-2H3. The average molecular weight is 442 g/mol. The number of fused-ring (bicyclic) bond motifs is 2.